The van der Waals surface area contributed by atoms with Gasteiger partial charge in [0.15, 0.2) is 0 Å². The predicted molar refractivity (Wildman–Crippen MR) is 85.3 cm³/mol. The van der Waals surface area contributed by atoms with Gasteiger partial charge in [-0.3, -0.25) is 4.90 Å². The average molecular weight is 344 g/mol. The molecule has 2 heterocycles. The van der Waals surface area contributed by atoms with E-state index in [1.165, 1.54) is 42.5 Å². The van der Waals surface area contributed by atoms with Crippen molar-refractivity contribution >= 4 is 33.2 Å². The fourth-order valence-electron chi connectivity index (χ4n) is 3.25. The zero-order valence-electron chi connectivity index (χ0n) is 11.3. The monoisotopic (exact) mass is 342 g/mol. The van der Waals surface area contributed by atoms with E-state index in [1.807, 2.05) is 0 Å². The second-order valence-corrected chi connectivity index (χ2v) is 6.95. The van der Waals surface area contributed by atoms with Crippen LogP contribution in [0.3, 0.4) is 0 Å². The van der Waals surface area contributed by atoms with Crippen LogP contribution in [0.1, 0.15) is 24.8 Å². The molecule has 0 amide bonds. The maximum atomic E-state index is 6.28. The lowest BCUT2D eigenvalue weighted by Crippen LogP contribution is -2.55. The average Bonchev–Trinajstić information content (AvgIpc) is 2.42. The number of piperidine rings is 1. The fraction of sp³-hybridized carbons (Fsp3) is 0.600. The van der Waals surface area contributed by atoms with Gasteiger partial charge in [-0.25, -0.2) is 0 Å². The standard InChI is InChI=1S/C15H20BrClN2/c1-11-8-13(16)15(9-14(11)17)19-7-6-18-5-3-2-4-12(18)10-19/h8-9,12H,2-7,10H2,1H3. The van der Waals surface area contributed by atoms with Crippen LogP contribution in [0.4, 0.5) is 5.69 Å². The van der Waals surface area contributed by atoms with E-state index in [2.05, 4.69) is 44.8 Å². The summed E-state index contributed by atoms with van der Waals surface area (Å²) in [5, 5.41) is 0.865. The lowest BCUT2D eigenvalue weighted by atomic mass is 9.99. The molecular formula is C15H20BrClN2. The highest BCUT2D eigenvalue weighted by atomic mass is 79.9. The molecule has 0 aromatic heterocycles. The quantitative estimate of drug-likeness (QED) is 0.758. The largest absolute Gasteiger partial charge is 0.368 e. The van der Waals surface area contributed by atoms with Crippen molar-refractivity contribution in [3.8, 4) is 0 Å². The third-order valence-corrected chi connectivity index (χ3v) is 5.45. The van der Waals surface area contributed by atoms with Crippen molar-refractivity contribution in [2.75, 3.05) is 31.1 Å². The summed E-state index contributed by atoms with van der Waals surface area (Å²) in [6, 6.07) is 4.97. The smallest absolute Gasteiger partial charge is 0.0526 e. The van der Waals surface area contributed by atoms with Crippen LogP contribution >= 0.6 is 27.5 Å². The Morgan fingerprint density at radius 2 is 2.05 bits per heavy atom. The van der Waals surface area contributed by atoms with E-state index >= 15 is 0 Å². The molecule has 19 heavy (non-hydrogen) atoms. The molecule has 2 fully saturated rings. The minimum atomic E-state index is 0.731. The Labute approximate surface area is 128 Å². The molecule has 0 saturated carbocycles. The van der Waals surface area contributed by atoms with Gasteiger partial charge in [0, 0.05) is 35.2 Å². The molecule has 1 aromatic rings. The van der Waals surface area contributed by atoms with E-state index in [0.29, 0.717) is 0 Å². The van der Waals surface area contributed by atoms with E-state index < -0.39 is 0 Å². The summed E-state index contributed by atoms with van der Waals surface area (Å²) in [7, 11) is 0. The van der Waals surface area contributed by atoms with Crippen molar-refractivity contribution in [1.82, 2.24) is 4.90 Å². The van der Waals surface area contributed by atoms with E-state index in [4.69, 9.17) is 11.6 Å². The van der Waals surface area contributed by atoms with Crippen LogP contribution in [0.5, 0.6) is 0 Å². The van der Waals surface area contributed by atoms with Crippen molar-refractivity contribution in [2.45, 2.75) is 32.2 Å². The number of halogens is 2. The molecule has 0 spiro atoms. The highest BCUT2D eigenvalue weighted by molar-refractivity contribution is 9.10. The van der Waals surface area contributed by atoms with Gasteiger partial charge in [0.05, 0.1) is 5.69 Å². The molecule has 0 N–H and O–H groups in total. The number of hydrogen-bond donors (Lipinski definition) is 0. The molecule has 0 aliphatic carbocycles. The number of anilines is 1. The molecule has 2 aliphatic heterocycles. The predicted octanol–water partition coefficient (Wildman–Crippen LogP) is 4.09. The van der Waals surface area contributed by atoms with Crippen LogP contribution in [0.2, 0.25) is 5.02 Å². The lowest BCUT2D eigenvalue weighted by molar-refractivity contribution is 0.133. The van der Waals surface area contributed by atoms with Crippen LogP contribution in [-0.2, 0) is 0 Å². The van der Waals surface area contributed by atoms with Crippen molar-refractivity contribution in [3.63, 3.8) is 0 Å². The second kappa shape index (κ2) is 5.63. The normalized spacial score (nSPS) is 24.4. The van der Waals surface area contributed by atoms with Gasteiger partial charge in [-0.2, -0.15) is 0 Å². The minimum absolute atomic E-state index is 0.731. The van der Waals surface area contributed by atoms with E-state index in [9.17, 15) is 0 Å². The summed E-state index contributed by atoms with van der Waals surface area (Å²) < 4.78 is 1.17. The molecule has 1 aromatic carbocycles. The molecule has 4 heteroatoms. The topological polar surface area (TPSA) is 6.48 Å². The molecule has 2 nitrogen and oxygen atoms in total. The maximum Gasteiger partial charge on any atom is 0.0526 e. The number of nitrogens with zero attached hydrogens (tertiary/aromatic N) is 2. The Morgan fingerprint density at radius 1 is 1.21 bits per heavy atom. The zero-order chi connectivity index (χ0) is 13.4. The Bertz CT molecular complexity index is 477. The third-order valence-electron chi connectivity index (χ3n) is 4.41. The SMILES string of the molecule is Cc1cc(Br)c(N2CCN3CCCCC3C2)cc1Cl. The molecule has 0 radical (unpaired) electrons. The van der Waals surface area contributed by atoms with Crippen molar-refractivity contribution < 1.29 is 0 Å². The Balaban J connectivity index is 1.81. The van der Waals surface area contributed by atoms with Gasteiger partial charge in [0.1, 0.15) is 0 Å². The summed E-state index contributed by atoms with van der Waals surface area (Å²) in [5.41, 5.74) is 2.38. The first-order chi connectivity index (χ1) is 9.15. The van der Waals surface area contributed by atoms with Gasteiger partial charge in [0.25, 0.3) is 0 Å². The van der Waals surface area contributed by atoms with E-state index in [1.54, 1.807) is 0 Å². The molecular weight excluding hydrogens is 324 g/mol. The molecule has 3 rings (SSSR count). The molecule has 1 atom stereocenters. The Morgan fingerprint density at radius 3 is 2.89 bits per heavy atom. The van der Waals surface area contributed by atoms with Crippen LogP contribution in [0.25, 0.3) is 0 Å². The van der Waals surface area contributed by atoms with Crippen LogP contribution in [0.15, 0.2) is 16.6 Å². The first-order valence-electron chi connectivity index (χ1n) is 7.10. The maximum absolute atomic E-state index is 6.28. The van der Waals surface area contributed by atoms with Crippen molar-refractivity contribution in [1.29, 1.82) is 0 Å². The fourth-order valence-corrected chi connectivity index (χ4v) is 4.12. The first-order valence-corrected chi connectivity index (χ1v) is 8.27. The zero-order valence-corrected chi connectivity index (χ0v) is 13.7. The minimum Gasteiger partial charge on any atom is -0.368 e. The number of fused-ring (bicyclic) bond motifs is 1. The number of rotatable bonds is 1. The molecule has 2 saturated heterocycles. The van der Waals surface area contributed by atoms with Gasteiger partial charge in [-0.1, -0.05) is 18.0 Å². The lowest BCUT2D eigenvalue weighted by Gasteiger charge is -2.45. The highest BCUT2D eigenvalue weighted by Crippen LogP contribution is 2.34. The first kappa shape index (κ1) is 13.7. The molecule has 1 unspecified atom stereocenters. The van der Waals surface area contributed by atoms with Gasteiger partial charge in [0.2, 0.25) is 0 Å². The third kappa shape index (κ3) is 2.79. The Kier molecular flexibility index (Phi) is 4.06. The summed E-state index contributed by atoms with van der Waals surface area (Å²) in [6.45, 7) is 6.76. The molecule has 104 valence electrons. The summed E-state index contributed by atoms with van der Waals surface area (Å²) in [6.07, 6.45) is 4.09. The molecule has 2 aliphatic rings. The number of benzene rings is 1. The highest BCUT2D eigenvalue weighted by Gasteiger charge is 2.29. The number of piperazine rings is 1. The van der Waals surface area contributed by atoms with E-state index in [-0.39, 0.29) is 0 Å². The van der Waals surface area contributed by atoms with E-state index in [0.717, 1.165) is 29.7 Å². The van der Waals surface area contributed by atoms with Gasteiger partial charge in [-0.15, -0.1) is 0 Å². The van der Waals surface area contributed by atoms with Crippen LogP contribution < -0.4 is 4.90 Å². The van der Waals surface area contributed by atoms with Crippen molar-refractivity contribution in [2.24, 2.45) is 0 Å². The van der Waals surface area contributed by atoms with Crippen LogP contribution in [-0.4, -0.2) is 37.1 Å². The van der Waals surface area contributed by atoms with Gasteiger partial charge in [-0.05, 0) is 59.9 Å². The van der Waals surface area contributed by atoms with Crippen LogP contribution in [0, 0.1) is 6.92 Å². The summed E-state index contributed by atoms with van der Waals surface area (Å²) >= 11 is 9.98. The number of aryl methyl sites for hydroxylation is 1. The second-order valence-electron chi connectivity index (χ2n) is 5.68. The molecule has 0 bridgehead atoms. The Hall–Kier alpha value is -0.250. The summed E-state index contributed by atoms with van der Waals surface area (Å²) in [4.78, 5) is 5.14. The van der Waals surface area contributed by atoms with Gasteiger partial charge < -0.3 is 4.90 Å². The summed E-state index contributed by atoms with van der Waals surface area (Å²) in [5.74, 6) is 0. The van der Waals surface area contributed by atoms with Gasteiger partial charge >= 0.3 is 0 Å². The van der Waals surface area contributed by atoms with Crippen molar-refractivity contribution in [3.05, 3.63) is 27.2 Å². The number of hydrogen-bond acceptors (Lipinski definition) is 2.